The summed E-state index contributed by atoms with van der Waals surface area (Å²) in [5.41, 5.74) is -2.91. The fraction of sp³-hybridized carbons (Fsp3) is 0.176. The molecule has 12 heteroatoms. The number of nitrogens with one attached hydrogen (secondary N) is 1. The Balaban J connectivity index is 1.79. The minimum Gasteiger partial charge on any atom is -0.447 e. The molecule has 0 spiro atoms. The number of H-pyrrole nitrogens is 1. The monoisotopic (exact) mass is 429 g/mol. The first kappa shape index (κ1) is 19.1. The predicted molar refractivity (Wildman–Crippen MR) is 88.6 cm³/mol. The molecule has 0 atom stereocenters. The highest BCUT2D eigenvalue weighted by atomic mass is 35.5. The van der Waals surface area contributed by atoms with Crippen LogP contribution in [0.2, 0.25) is 0 Å². The number of ether oxygens (including phenoxy) is 1. The molecule has 4 rings (SSSR count). The van der Waals surface area contributed by atoms with E-state index in [0.29, 0.717) is 12.1 Å². The summed E-state index contributed by atoms with van der Waals surface area (Å²) >= 11 is 5.98. The first-order valence-corrected chi connectivity index (χ1v) is 8.38. The minimum absolute atomic E-state index is 0.0110. The van der Waals surface area contributed by atoms with Gasteiger partial charge in [0.25, 0.3) is 0 Å². The second-order valence-corrected chi connectivity index (χ2v) is 6.47. The van der Waals surface area contributed by atoms with E-state index in [1.807, 2.05) is 0 Å². The lowest BCUT2D eigenvalue weighted by atomic mass is 10.0. The van der Waals surface area contributed by atoms with Crippen molar-refractivity contribution in [3.8, 4) is 11.4 Å². The standard InChI is InChI=1S/C17H8ClF4N3O4/c18-9-12(25-3-4-29-16(25)28)14(27)11-10(13(9)26)23-15(24-11)6-1-2-8(19)7(5-6)17(20,21)22/h1-2,5H,3-4H2,(H,23,24). The van der Waals surface area contributed by atoms with Crippen molar-refractivity contribution in [3.05, 3.63) is 51.7 Å². The number of nitrogens with zero attached hydrogens (tertiary/aromatic N) is 2. The van der Waals surface area contributed by atoms with E-state index in [1.165, 1.54) is 0 Å². The van der Waals surface area contributed by atoms with Crippen LogP contribution in [0.1, 0.15) is 26.5 Å². The first-order valence-electron chi connectivity index (χ1n) is 8.00. The zero-order chi connectivity index (χ0) is 21.1. The summed E-state index contributed by atoms with van der Waals surface area (Å²) in [5, 5.41) is -0.549. The number of carbonyl (C=O) groups is 3. The maximum Gasteiger partial charge on any atom is 0.419 e. The van der Waals surface area contributed by atoms with Gasteiger partial charge in [0.2, 0.25) is 11.6 Å². The Kier molecular flexibility index (Phi) is 4.23. The summed E-state index contributed by atoms with van der Waals surface area (Å²) in [6.45, 7) is -0.0225. The lowest BCUT2D eigenvalue weighted by molar-refractivity contribution is -0.139. The predicted octanol–water partition coefficient (Wildman–Crippen LogP) is 3.52. The van der Waals surface area contributed by atoms with Crippen molar-refractivity contribution in [2.75, 3.05) is 13.2 Å². The SMILES string of the molecule is O=C1C(N2CCOC2=O)=C(Cl)C(=O)c2[nH]c(-c3ccc(F)c(C(F)(F)F)c3)nc21. The number of aromatic amines is 1. The number of Topliss-reactive ketones (excluding diaryl/α,β-unsaturated/α-hetero) is 2. The van der Waals surface area contributed by atoms with Gasteiger partial charge in [0.05, 0.1) is 12.1 Å². The molecule has 2 aliphatic rings. The topological polar surface area (TPSA) is 92.4 Å². The normalized spacial score (nSPS) is 17.1. The van der Waals surface area contributed by atoms with Gasteiger partial charge in [-0.3, -0.25) is 14.5 Å². The average Bonchev–Trinajstić information content (AvgIpc) is 3.27. The van der Waals surface area contributed by atoms with Crippen LogP contribution in [0.3, 0.4) is 0 Å². The van der Waals surface area contributed by atoms with Crippen molar-refractivity contribution < 1.29 is 36.7 Å². The van der Waals surface area contributed by atoms with Crippen LogP contribution in [-0.4, -0.2) is 45.7 Å². The molecule has 0 radical (unpaired) electrons. The molecule has 1 aromatic carbocycles. The van der Waals surface area contributed by atoms with Crippen molar-refractivity contribution in [1.82, 2.24) is 14.9 Å². The number of cyclic esters (lactones) is 1. The minimum atomic E-state index is -4.95. The summed E-state index contributed by atoms with van der Waals surface area (Å²) in [6.07, 6.45) is -5.82. The number of benzene rings is 1. The molecule has 1 saturated heterocycles. The smallest absolute Gasteiger partial charge is 0.419 e. The molecule has 2 aromatic rings. The van der Waals surface area contributed by atoms with E-state index in [9.17, 15) is 31.9 Å². The number of hydrogen-bond donors (Lipinski definition) is 1. The van der Waals surface area contributed by atoms with Crippen LogP contribution in [0.25, 0.3) is 11.4 Å². The lowest BCUT2D eigenvalue weighted by Crippen LogP contribution is -2.34. The van der Waals surface area contributed by atoms with Gasteiger partial charge >= 0.3 is 12.3 Å². The number of allylic oxidation sites excluding steroid dienone is 2. The zero-order valence-corrected chi connectivity index (χ0v) is 14.8. The van der Waals surface area contributed by atoms with Crippen LogP contribution < -0.4 is 0 Å². The van der Waals surface area contributed by atoms with Gasteiger partial charge in [-0.05, 0) is 18.2 Å². The van der Waals surface area contributed by atoms with E-state index in [0.717, 1.165) is 11.0 Å². The zero-order valence-electron chi connectivity index (χ0n) is 14.1. The van der Waals surface area contributed by atoms with Crippen molar-refractivity contribution >= 4 is 29.3 Å². The van der Waals surface area contributed by atoms with Gasteiger partial charge in [-0.15, -0.1) is 0 Å². The second kappa shape index (κ2) is 6.41. The molecule has 1 aliphatic heterocycles. The molecular formula is C17H8ClF4N3O4. The highest BCUT2D eigenvalue weighted by Gasteiger charge is 2.41. The summed E-state index contributed by atoms with van der Waals surface area (Å²) in [7, 11) is 0. The van der Waals surface area contributed by atoms with E-state index in [1.54, 1.807) is 0 Å². The van der Waals surface area contributed by atoms with E-state index in [4.69, 9.17) is 16.3 Å². The second-order valence-electron chi connectivity index (χ2n) is 6.09. The van der Waals surface area contributed by atoms with Gasteiger partial charge in [0, 0.05) is 5.56 Å². The molecule has 1 aliphatic carbocycles. The Labute approximate surface area is 163 Å². The number of ketones is 2. The Hall–Kier alpha value is -3.21. The largest absolute Gasteiger partial charge is 0.447 e. The number of aromatic nitrogens is 2. The first-order chi connectivity index (χ1) is 13.6. The van der Waals surface area contributed by atoms with Crippen LogP contribution in [-0.2, 0) is 10.9 Å². The molecule has 150 valence electrons. The van der Waals surface area contributed by atoms with Gasteiger partial charge in [0.1, 0.15) is 40.4 Å². The van der Waals surface area contributed by atoms with Crippen LogP contribution in [0.15, 0.2) is 28.9 Å². The van der Waals surface area contributed by atoms with Crippen LogP contribution in [0.5, 0.6) is 0 Å². The van der Waals surface area contributed by atoms with Gasteiger partial charge in [-0.1, -0.05) is 11.6 Å². The molecule has 0 unspecified atom stereocenters. The Bertz CT molecular complexity index is 1120. The quantitative estimate of drug-likeness (QED) is 0.737. The Morgan fingerprint density at radius 2 is 1.90 bits per heavy atom. The number of fused-ring (bicyclic) bond motifs is 1. The van der Waals surface area contributed by atoms with Crippen molar-refractivity contribution in [2.45, 2.75) is 6.18 Å². The van der Waals surface area contributed by atoms with E-state index < -0.39 is 51.6 Å². The van der Waals surface area contributed by atoms with Crippen LogP contribution >= 0.6 is 11.6 Å². The number of amides is 1. The van der Waals surface area contributed by atoms with Crippen LogP contribution in [0, 0.1) is 5.82 Å². The van der Waals surface area contributed by atoms with Gasteiger partial charge in [-0.2, -0.15) is 13.2 Å². The number of hydrogen-bond acceptors (Lipinski definition) is 5. The molecule has 29 heavy (non-hydrogen) atoms. The number of alkyl halides is 3. The Morgan fingerprint density at radius 1 is 1.17 bits per heavy atom. The van der Waals surface area contributed by atoms with Crippen molar-refractivity contribution in [3.63, 3.8) is 0 Å². The fourth-order valence-corrected chi connectivity index (χ4v) is 3.28. The number of halogens is 5. The Morgan fingerprint density at radius 3 is 2.52 bits per heavy atom. The van der Waals surface area contributed by atoms with Gasteiger partial charge < -0.3 is 9.72 Å². The number of imidazole rings is 1. The molecule has 0 bridgehead atoms. The summed E-state index contributed by atoms with van der Waals surface area (Å²) < 4.78 is 57.1. The molecule has 1 fully saturated rings. The average molecular weight is 430 g/mol. The fourth-order valence-electron chi connectivity index (χ4n) is 3.00. The summed E-state index contributed by atoms with van der Waals surface area (Å²) in [6, 6.07) is 2.11. The van der Waals surface area contributed by atoms with E-state index in [2.05, 4.69) is 9.97 Å². The molecule has 0 saturated carbocycles. The number of carbonyl (C=O) groups excluding carboxylic acids is 3. The van der Waals surface area contributed by atoms with Crippen molar-refractivity contribution in [1.29, 1.82) is 0 Å². The summed E-state index contributed by atoms with van der Waals surface area (Å²) in [4.78, 5) is 44.3. The van der Waals surface area contributed by atoms with Gasteiger partial charge in [-0.25, -0.2) is 14.2 Å². The van der Waals surface area contributed by atoms with E-state index >= 15 is 0 Å². The van der Waals surface area contributed by atoms with Gasteiger partial charge in [0.15, 0.2) is 0 Å². The van der Waals surface area contributed by atoms with Crippen LogP contribution in [0.4, 0.5) is 22.4 Å². The third-order valence-electron chi connectivity index (χ3n) is 4.34. The number of rotatable bonds is 2. The third kappa shape index (κ3) is 2.97. The molecule has 1 aromatic heterocycles. The maximum atomic E-state index is 13.5. The van der Waals surface area contributed by atoms with Crippen molar-refractivity contribution in [2.24, 2.45) is 0 Å². The molecule has 1 amide bonds. The maximum absolute atomic E-state index is 13.5. The molecule has 2 heterocycles. The molecule has 7 nitrogen and oxygen atoms in total. The van der Waals surface area contributed by atoms with E-state index in [-0.39, 0.29) is 30.2 Å². The highest BCUT2D eigenvalue weighted by molar-refractivity contribution is 6.49. The molecular weight excluding hydrogens is 422 g/mol. The highest BCUT2D eigenvalue weighted by Crippen LogP contribution is 2.36. The summed E-state index contributed by atoms with van der Waals surface area (Å²) in [5.74, 6) is -3.49. The third-order valence-corrected chi connectivity index (χ3v) is 4.69. The molecule has 1 N–H and O–H groups in total. The lowest BCUT2D eigenvalue weighted by Gasteiger charge is -2.20.